The fourth-order valence-corrected chi connectivity index (χ4v) is 3.00. The van der Waals surface area contributed by atoms with Crippen molar-refractivity contribution in [2.45, 2.75) is 45.3 Å². The summed E-state index contributed by atoms with van der Waals surface area (Å²) in [5.74, 6) is -0.698. The number of nitrogens with zero attached hydrogens (tertiary/aromatic N) is 2. The molecule has 0 aromatic heterocycles. The second kappa shape index (κ2) is 6.43. The van der Waals surface area contributed by atoms with E-state index in [-0.39, 0.29) is 30.5 Å². The van der Waals surface area contributed by atoms with Crippen LogP contribution in [-0.2, 0) is 9.53 Å². The van der Waals surface area contributed by atoms with E-state index >= 15 is 0 Å². The molecule has 114 valence electrons. The molecule has 0 aliphatic carbocycles. The predicted molar refractivity (Wildman–Crippen MR) is 73.5 cm³/mol. The molecule has 0 radical (unpaired) electrons. The molecule has 2 rings (SSSR count). The van der Waals surface area contributed by atoms with Gasteiger partial charge >= 0.3 is 12.0 Å². The lowest BCUT2D eigenvalue weighted by Crippen LogP contribution is -2.56. The van der Waals surface area contributed by atoms with Crippen molar-refractivity contribution in [3.63, 3.8) is 0 Å². The van der Waals surface area contributed by atoms with Crippen molar-refractivity contribution in [3.05, 3.63) is 0 Å². The zero-order chi connectivity index (χ0) is 14.7. The van der Waals surface area contributed by atoms with Gasteiger partial charge < -0.3 is 19.6 Å². The van der Waals surface area contributed by atoms with Gasteiger partial charge in [0.2, 0.25) is 0 Å². The molecular weight excluding hydrogens is 260 g/mol. The molecule has 3 atom stereocenters. The standard InChI is InChI=1S/C14H24N2O4/c1-10-9-20-11(2)7-16(10)14(19)15-5-3-4-12(8-15)6-13(17)18/h10-12H,3-9H2,1-2H3,(H,17,18). The van der Waals surface area contributed by atoms with Crippen LogP contribution >= 0.6 is 0 Å². The molecule has 20 heavy (non-hydrogen) atoms. The highest BCUT2D eigenvalue weighted by Gasteiger charge is 2.33. The van der Waals surface area contributed by atoms with Gasteiger partial charge in [-0.2, -0.15) is 0 Å². The first-order valence-electron chi connectivity index (χ1n) is 7.36. The normalized spacial score (nSPS) is 31.2. The molecule has 0 aromatic carbocycles. The number of morpholine rings is 1. The van der Waals surface area contributed by atoms with Crippen molar-refractivity contribution in [2.24, 2.45) is 5.92 Å². The Morgan fingerprint density at radius 2 is 2.05 bits per heavy atom. The number of amides is 2. The fourth-order valence-electron chi connectivity index (χ4n) is 3.00. The predicted octanol–water partition coefficient (Wildman–Crippen LogP) is 1.40. The molecule has 0 aromatic rings. The average Bonchev–Trinajstić information content (AvgIpc) is 2.40. The number of likely N-dealkylation sites (tertiary alicyclic amines) is 1. The Bertz CT molecular complexity index is 374. The van der Waals surface area contributed by atoms with E-state index in [4.69, 9.17) is 9.84 Å². The number of carbonyl (C=O) groups excluding carboxylic acids is 1. The third kappa shape index (κ3) is 3.62. The van der Waals surface area contributed by atoms with E-state index in [1.54, 1.807) is 0 Å². The van der Waals surface area contributed by atoms with Gasteiger partial charge in [0, 0.05) is 26.1 Å². The van der Waals surface area contributed by atoms with Crippen LogP contribution in [-0.4, -0.2) is 65.3 Å². The monoisotopic (exact) mass is 284 g/mol. The summed E-state index contributed by atoms with van der Waals surface area (Å²) in [6.07, 6.45) is 2.00. The molecule has 2 aliphatic rings. The fraction of sp³-hybridized carbons (Fsp3) is 0.857. The zero-order valence-electron chi connectivity index (χ0n) is 12.2. The highest BCUT2D eigenvalue weighted by atomic mass is 16.5. The van der Waals surface area contributed by atoms with E-state index in [1.807, 2.05) is 23.6 Å². The molecule has 3 unspecified atom stereocenters. The van der Waals surface area contributed by atoms with Crippen LogP contribution < -0.4 is 0 Å². The number of hydrogen-bond acceptors (Lipinski definition) is 3. The van der Waals surface area contributed by atoms with Gasteiger partial charge in [-0.25, -0.2) is 4.79 Å². The first kappa shape index (κ1) is 15.1. The van der Waals surface area contributed by atoms with Crippen LogP contribution in [0.1, 0.15) is 33.1 Å². The Labute approximate surface area is 119 Å². The number of rotatable bonds is 2. The molecule has 0 bridgehead atoms. The van der Waals surface area contributed by atoms with E-state index in [1.165, 1.54) is 0 Å². The number of urea groups is 1. The van der Waals surface area contributed by atoms with E-state index in [0.717, 1.165) is 19.4 Å². The molecule has 6 nitrogen and oxygen atoms in total. The Morgan fingerprint density at radius 3 is 2.75 bits per heavy atom. The first-order chi connectivity index (χ1) is 9.47. The topological polar surface area (TPSA) is 70.1 Å². The Morgan fingerprint density at radius 1 is 1.30 bits per heavy atom. The second-order valence-electron chi connectivity index (χ2n) is 5.98. The Balaban J connectivity index is 1.95. The summed E-state index contributed by atoms with van der Waals surface area (Å²) in [6, 6.07) is 0.112. The maximum Gasteiger partial charge on any atom is 0.320 e. The minimum Gasteiger partial charge on any atom is -0.481 e. The molecule has 6 heteroatoms. The molecule has 2 amide bonds. The molecule has 2 fully saturated rings. The number of carbonyl (C=O) groups is 2. The molecule has 1 N–H and O–H groups in total. The van der Waals surface area contributed by atoms with Crippen molar-refractivity contribution in [2.75, 3.05) is 26.2 Å². The summed E-state index contributed by atoms with van der Waals surface area (Å²) in [5.41, 5.74) is 0. The van der Waals surface area contributed by atoms with Gasteiger partial charge in [-0.3, -0.25) is 4.79 Å². The van der Waals surface area contributed by atoms with Gasteiger partial charge in [-0.1, -0.05) is 0 Å². The lowest BCUT2D eigenvalue weighted by molar-refractivity contribution is -0.138. The SMILES string of the molecule is CC1CN(C(=O)N2CCCC(CC(=O)O)C2)C(C)CO1. The molecule has 2 saturated heterocycles. The number of hydrogen-bond donors (Lipinski definition) is 1. The quantitative estimate of drug-likeness (QED) is 0.832. The van der Waals surface area contributed by atoms with E-state index in [2.05, 4.69) is 0 Å². The van der Waals surface area contributed by atoms with Gasteiger partial charge in [0.05, 0.1) is 18.8 Å². The maximum absolute atomic E-state index is 12.6. The number of carboxylic acids is 1. The number of piperidine rings is 1. The summed E-state index contributed by atoms with van der Waals surface area (Å²) in [6.45, 7) is 6.43. The van der Waals surface area contributed by atoms with Gasteiger partial charge in [-0.05, 0) is 32.6 Å². The minimum atomic E-state index is -0.780. The van der Waals surface area contributed by atoms with Crippen LogP contribution in [0.25, 0.3) is 0 Å². The lowest BCUT2D eigenvalue weighted by atomic mass is 9.95. The van der Waals surface area contributed by atoms with Crippen LogP contribution in [0.3, 0.4) is 0 Å². The van der Waals surface area contributed by atoms with E-state index < -0.39 is 5.97 Å². The third-order valence-electron chi connectivity index (χ3n) is 4.11. The first-order valence-corrected chi connectivity index (χ1v) is 7.36. The molecule has 0 spiro atoms. The number of aliphatic carboxylic acids is 1. The van der Waals surface area contributed by atoms with Crippen molar-refractivity contribution in [1.82, 2.24) is 9.80 Å². The number of ether oxygens (including phenoxy) is 1. The van der Waals surface area contributed by atoms with Gasteiger partial charge in [-0.15, -0.1) is 0 Å². The second-order valence-corrected chi connectivity index (χ2v) is 5.98. The van der Waals surface area contributed by atoms with Crippen LogP contribution in [0.15, 0.2) is 0 Å². The van der Waals surface area contributed by atoms with Gasteiger partial charge in [0.1, 0.15) is 0 Å². The van der Waals surface area contributed by atoms with Gasteiger partial charge in [0.25, 0.3) is 0 Å². The molecule has 0 saturated carbocycles. The maximum atomic E-state index is 12.6. The summed E-state index contributed by atoms with van der Waals surface area (Å²) < 4.78 is 5.54. The highest BCUT2D eigenvalue weighted by Crippen LogP contribution is 2.22. The Hall–Kier alpha value is -1.30. The van der Waals surface area contributed by atoms with Crippen molar-refractivity contribution < 1.29 is 19.4 Å². The Kier molecular flexibility index (Phi) is 4.86. The smallest absolute Gasteiger partial charge is 0.320 e. The molecule has 2 heterocycles. The molecular formula is C14H24N2O4. The molecule has 2 aliphatic heterocycles. The van der Waals surface area contributed by atoms with Crippen LogP contribution in [0.2, 0.25) is 0 Å². The van der Waals surface area contributed by atoms with Gasteiger partial charge in [0.15, 0.2) is 0 Å². The van der Waals surface area contributed by atoms with Crippen molar-refractivity contribution in [1.29, 1.82) is 0 Å². The summed E-state index contributed by atoms with van der Waals surface area (Å²) in [4.78, 5) is 27.1. The third-order valence-corrected chi connectivity index (χ3v) is 4.11. The minimum absolute atomic E-state index is 0.0303. The summed E-state index contributed by atoms with van der Waals surface area (Å²) >= 11 is 0. The number of carboxylic acid groups (broad SMARTS) is 1. The van der Waals surface area contributed by atoms with Crippen molar-refractivity contribution >= 4 is 12.0 Å². The van der Waals surface area contributed by atoms with Crippen molar-refractivity contribution in [3.8, 4) is 0 Å². The highest BCUT2D eigenvalue weighted by molar-refractivity contribution is 5.75. The average molecular weight is 284 g/mol. The zero-order valence-corrected chi connectivity index (χ0v) is 12.2. The van der Waals surface area contributed by atoms with Crippen LogP contribution in [0, 0.1) is 5.92 Å². The lowest BCUT2D eigenvalue weighted by Gasteiger charge is -2.41. The summed E-state index contributed by atoms with van der Waals surface area (Å²) in [7, 11) is 0. The van der Waals surface area contributed by atoms with E-state index in [0.29, 0.717) is 19.7 Å². The summed E-state index contributed by atoms with van der Waals surface area (Å²) in [5, 5.41) is 8.89. The van der Waals surface area contributed by atoms with Crippen LogP contribution in [0.4, 0.5) is 4.79 Å². The van der Waals surface area contributed by atoms with Crippen LogP contribution in [0.5, 0.6) is 0 Å². The largest absolute Gasteiger partial charge is 0.481 e. The van der Waals surface area contributed by atoms with E-state index in [9.17, 15) is 9.59 Å².